The highest BCUT2D eigenvalue weighted by Gasteiger charge is 2.19. The molecule has 0 aliphatic rings. The number of halogens is 1. The van der Waals surface area contributed by atoms with E-state index in [9.17, 15) is 4.79 Å². The third-order valence-electron chi connectivity index (χ3n) is 3.72. The van der Waals surface area contributed by atoms with Crippen LogP contribution in [-0.2, 0) is 0 Å². The molecular formula is C17H14ClN3OS2. The number of aryl methyl sites for hydroxylation is 2. The molecule has 1 aromatic carbocycles. The standard InChI is InChI=1S/C17H14ClN3OS2/c1-9(8-19)23-17-20-15-14(10(2)11(3)24-15)16(22)21(17)13-6-4-12(18)5-7-13/h4-7,9H,1-3H3/t9-/m1/s1. The van der Waals surface area contributed by atoms with E-state index in [0.29, 0.717) is 26.1 Å². The lowest BCUT2D eigenvalue weighted by molar-refractivity contribution is 0.820. The number of hydrogen-bond acceptors (Lipinski definition) is 5. The van der Waals surface area contributed by atoms with E-state index < -0.39 is 0 Å². The molecular weight excluding hydrogens is 362 g/mol. The second-order valence-corrected chi connectivity index (χ2v) is 8.31. The normalized spacial score (nSPS) is 12.3. The van der Waals surface area contributed by atoms with Crippen molar-refractivity contribution in [2.24, 2.45) is 0 Å². The van der Waals surface area contributed by atoms with Gasteiger partial charge in [-0.25, -0.2) is 4.98 Å². The number of fused-ring (bicyclic) bond motifs is 1. The van der Waals surface area contributed by atoms with Crippen LogP contribution in [-0.4, -0.2) is 14.8 Å². The van der Waals surface area contributed by atoms with Gasteiger partial charge in [0.1, 0.15) is 4.83 Å². The minimum atomic E-state index is -0.310. The van der Waals surface area contributed by atoms with Crippen LogP contribution in [0.2, 0.25) is 5.02 Å². The summed E-state index contributed by atoms with van der Waals surface area (Å²) in [7, 11) is 0. The number of benzene rings is 1. The van der Waals surface area contributed by atoms with Gasteiger partial charge in [0.25, 0.3) is 5.56 Å². The first-order valence-electron chi connectivity index (χ1n) is 7.27. The molecule has 0 amide bonds. The van der Waals surface area contributed by atoms with E-state index in [1.807, 2.05) is 13.8 Å². The number of hydrogen-bond donors (Lipinski definition) is 0. The molecule has 2 aromatic heterocycles. The van der Waals surface area contributed by atoms with E-state index in [-0.39, 0.29) is 10.8 Å². The van der Waals surface area contributed by atoms with Crippen molar-refractivity contribution in [3.05, 3.63) is 50.1 Å². The van der Waals surface area contributed by atoms with Crippen molar-refractivity contribution in [1.29, 1.82) is 5.26 Å². The monoisotopic (exact) mass is 375 g/mol. The molecule has 122 valence electrons. The van der Waals surface area contributed by atoms with E-state index in [4.69, 9.17) is 16.9 Å². The molecule has 0 aliphatic heterocycles. The summed E-state index contributed by atoms with van der Waals surface area (Å²) in [5.41, 5.74) is 1.53. The van der Waals surface area contributed by atoms with Crippen LogP contribution in [0.1, 0.15) is 17.4 Å². The van der Waals surface area contributed by atoms with E-state index in [2.05, 4.69) is 11.1 Å². The lowest BCUT2D eigenvalue weighted by Crippen LogP contribution is -2.22. The highest BCUT2D eigenvalue weighted by atomic mass is 35.5. The molecule has 3 aromatic rings. The van der Waals surface area contributed by atoms with Gasteiger partial charge in [-0.2, -0.15) is 5.26 Å². The number of nitriles is 1. The number of thiophene rings is 1. The molecule has 0 saturated carbocycles. The lowest BCUT2D eigenvalue weighted by Gasteiger charge is -2.13. The molecule has 4 nitrogen and oxygen atoms in total. The minimum absolute atomic E-state index is 0.114. The van der Waals surface area contributed by atoms with Crippen molar-refractivity contribution < 1.29 is 0 Å². The molecule has 1 atom stereocenters. The van der Waals surface area contributed by atoms with Crippen LogP contribution < -0.4 is 5.56 Å². The summed E-state index contributed by atoms with van der Waals surface area (Å²) in [5, 5.41) is 10.6. The van der Waals surface area contributed by atoms with E-state index in [0.717, 1.165) is 10.4 Å². The highest BCUT2D eigenvalue weighted by Crippen LogP contribution is 2.30. The average molecular weight is 376 g/mol. The second-order valence-electron chi connectivity index (χ2n) is 5.36. The zero-order valence-electron chi connectivity index (χ0n) is 13.3. The largest absolute Gasteiger partial charge is 0.268 e. The number of rotatable bonds is 3. The molecule has 0 fully saturated rings. The van der Waals surface area contributed by atoms with Crippen LogP contribution in [0, 0.1) is 25.2 Å². The van der Waals surface area contributed by atoms with Crippen LogP contribution in [0.4, 0.5) is 0 Å². The van der Waals surface area contributed by atoms with Gasteiger partial charge in [0.05, 0.1) is 22.4 Å². The third-order valence-corrected chi connectivity index (χ3v) is 6.02. The van der Waals surface area contributed by atoms with Gasteiger partial charge in [0.15, 0.2) is 5.16 Å². The zero-order chi connectivity index (χ0) is 17.4. The number of thioether (sulfide) groups is 1. The maximum atomic E-state index is 13.1. The summed E-state index contributed by atoms with van der Waals surface area (Å²) in [5.74, 6) is 0. The van der Waals surface area contributed by atoms with Gasteiger partial charge in [0.2, 0.25) is 0 Å². The summed E-state index contributed by atoms with van der Waals surface area (Å²) in [4.78, 5) is 19.6. The molecule has 0 aliphatic carbocycles. The van der Waals surface area contributed by atoms with Crippen molar-refractivity contribution >= 4 is 44.9 Å². The smallest absolute Gasteiger partial charge is 0.267 e. The van der Waals surface area contributed by atoms with Gasteiger partial charge < -0.3 is 0 Å². The molecule has 7 heteroatoms. The van der Waals surface area contributed by atoms with E-state index >= 15 is 0 Å². The van der Waals surface area contributed by atoms with Crippen LogP contribution in [0.15, 0.2) is 34.2 Å². The van der Waals surface area contributed by atoms with Crippen LogP contribution in [0.25, 0.3) is 15.9 Å². The summed E-state index contributed by atoms with van der Waals surface area (Å²) >= 11 is 8.74. The predicted molar refractivity (Wildman–Crippen MR) is 101 cm³/mol. The summed E-state index contributed by atoms with van der Waals surface area (Å²) in [6.45, 7) is 5.71. The summed E-state index contributed by atoms with van der Waals surface area (Å²) < 4.78 is 1.57. The molecule has 3 rings (SSSR count). The second kappa shape index (κ2) is 6.60. The van der Waals surface area contributed by atoms with Gasteiger partial charge in [-0.15, -0.1) is 11.3 Å². The molecule has 0 radical (unpaired) electrons. The number of nitrogens with zero attached hydrogens (tertiary/aromatic N) is 3. The topological polar surface area (TPSA) is 58.7 Å². The first-order valence-corrected chi connectivity index (χ1v) is 9.34. The Balaban J connectivity index is 2.34. The van der Waals surface area contributed by atoms with E-state index in [1.54, 1.807) is 35.8 Å². The van der Waals surface area contributed by atoms with Crippen molar-refractivity contribution in [3.8, 4) is 11.8 Å². The molecule has 0 spiro atoms. The Morgan fingerprint density at radius 2 is 2.00 bits per heavy atom. The van der Waals surface area contributed by atoms with Crippen LogP contribution in [0.3, 0.4) is 0 Å². The maximum Gasteiger partial charge on any atom is 0.267 e. The molecule has 0 bridgehead atoms. The quantitative estimate of drug-likeness (QED) is 0.490. The maximum absolute atomic E-state index is 13.1. The first-order chi connectivity index (χ1) is 11.4. The van der Waals surface area contributed by atoms with Crippen LogP contribution in [0.5, 0.6) is 0 Å². The highest BCUT2D eigenvalue weighted by molar-refractivity contribution is 8.00. The summed E-state index contributed by atoms with van der Waals surface area (Å²) in [6, 6.07) is 9.22. The zero-order valence-corrected chi connectivity index (χ0v) is 15.7. The molecule has 0 N–H and O–H groups in total. The van der Waals surface area contributed by atoms with Crippen molar-refractivity contribution in [2.45, 2.75) is 31.2 Å². The average Bonchev–Trinajstić information content (AvgIpc) is 2.83. The van der Waals surface area contributed by atoms with Crippen molar-refractivity contribution in [3.63, 3.8) is 0 Å². The molecule has 0 saturated heterocycles. The molecule has 2 heterocycles. The van der Waals surface area contributed by atoms with Gasteiger partial charge in [-0.05, 0) is 50.6 Å². The number of aromatic nitrogens is 2. The SMILES string of the molecule is Cc1sc2nc(S[C@H](C)C#N)n(-c3ccc(Cl)cc3)c(=O)c2c1C. The van der Waals surface area contributed by atoms with Crippen molar-refractivity contribution in [1.82, 2.24) is 9.55 Å². The Hall–Kier alpha value is -1.81. The van der Waals surface area contributed by atoms with Crippen LogP contribution >= 0.6 is 34.7 Å². The Bertz CT molecular complexity index is 1020. The van der Waals surface area contributed by atoms with Gasteiger partial charge in [-0.1, -0.05) is 23.4 Å². The molecule has 24 heavy (non-hydrogen) atoms. The third kappa shape index (κ3) is 2.95. The van der Waals surface area contributed by atoms with Crippen molar-refractivity contribution in [2.75, 3.05) is 0 Å². The van der Waals surface area contributed by atoms with Gasteiger partial charge >= 0.3 is 0 Å². The van der Waals surface area contributed by atoms with Gasteiger partial charge in [0, 0.05) is 9.90 Å². The Kier molecular flexibility index (Phi) is 4.68. The molecule has 0 unspecified atom stereocenters. The lowest BCUT2D eigenvalue weighted by atomic mass is 10.2. The first kappa shape index (κ1) is 17.0. The predicted octanol–water partition coefficient (Wildman–Crippen LogP) is 4.72. The minimum Gasteiger partial charge on any atom is -0.268 e. The van der Waals surface area contributed by atoms with E-state index in [1.165, 1.54) is 23.1 Å². The Morgan fingerprint density at radius 1 is 1.33 bits per heavy atom. The fraction of sp³-hybridized carbons (Fsp3) is 0.235. The van der Waals surface area contributed by atoms with Gasteiger partial charge in [-0.3, -0.25) is 9.36 Å². The fourth-order valence-electron chi connectivity index (χ4n) is 2.36. The summed E-state index contributed by atoms with van der Waals surface area (Å²) in [6.07, 6.45) is 0. The fourth-order valence-corrected chi connectivity index (χ4v) is 4.37. The Morgan fingerprint density at radius 3 is 2.62 bits per heavy atom. The Labute approximate surface area is 152 Å².